The van der Waals surface area contributed by atoms with Crippen molar-refractivity contribution < 1.29 is 9.53 Å². The summed E-state index contributed by atoms with van der Waals surface area (Å²) < 4.78 is 5.49. The summed E-state index contributed by atoms with van der Waals surface area (Å²) in [6, 6.07) is 9.75. The third-order valence-corrected chi connectivity index (χ3v) is 10.6. The monoisotopic (exact) mass is 376 g/mol. The molecular weight excluding hydrogens is 352 g/mol. The molecule has 0 fully saturated rings. The molecule has 1 aromatic rings. The van der Waals surface area contributed by atoms with Gasteiger partial charge in [-0.25, -0.2) is 4.79 Å². The molecule has 1 rings (SSSR count). The molecule has 1 atom stereocenters. The molecule has 2 nitrogen and oxygen atoms in total. The Morgan fingerprint density at radius 1 is 1.18 bits per heavy atom. The van der Waals surface area contributed by atoms with Gasteiger partial charge in [0, 0.05) is 5.75 Å². The molecule has 0 aliphatic rings. The fourth-order valence-electron chi connectivity index (χ4n) is 1.47. The number of carbonyl (C=O) groups excluding carboxylic acids is 1. The average molecular weight is 377 g/mol. The zero-order valence-electron chi connectivity index (χ0n) is 13.8. The van der Waals surface area contributed by atoms with Crippen molar-refractivity contribution in [2.75, 3.05) is 5.75 Å². The number of benzene rings is 1. The highest BCUT2D eigenvalue weighted by Gasteiger charge is 2.35. The van der Waals surface area contributed by atoms with Crippen LogP contribution in [0.3, 0.4) is 0 Å². The standard InChI is InChI=1S/C16H24O2S4/c1-15(2,3)16(4,5)12-22(21-20-19)14(17)18-11-13-9-7-6-8-10-13/h6-10H,11-12H2,1-5H3. The van der Waals surface area contributed by atoms with E-state index in [9.17, 15) is 4.79 Å². The molecule has 0 aliphatic carbocycles. The van der Waals surface area contributed by atoms with Crippen molar-refractivity contribution in [2.24, 2.45) is 10.8 Å². The maximum Gasteiger partial charge on any atom is 0.371 e. The largest absolute Gasteiger partial charge is 0.453 e. The summed E-state index contributed by atoms with van der Waals surface area (Å²) in [5.74, 6) is 0.776. The van der Waals surface area contributed by atoms with Crippen molar-refractivity contribution in [3.05, 3.63) is 35.9 Å². The predicted octanol–water partition coefficient (Wildman–Crippen LogP) is 4.47. The van der Waals surface area contributed by atoms with Crippen LogP contribution >= 0.6 is 0 Å². The average Bonchev–Trinajstić information content (AvgIpc) is 2.44. The van der Waals surface area contributed by atoms with Crippen molar-refractivity contribution in [3.8, 4) is 0 Å². The maximum absolute atomic E-state index is 12.4. The van der Waals surface area contributed by atoms with Crippen molar-refractivity contribution >= 4 is 43.7 Å². The van der Waals surface area contributed by atoms with Gasteiger partial charge in [0.15, 0.2) is 0 Å². The molecule has 1 unspecified atom stereocenters. The third-order valence-electron chi connectivity index (χ3n) is 4.02. The first-order valence-corrected chi connectivity index (χ1v) is 12.0. The first kappa shape index (κ1) is 19.7. The lowest BCUT2D eigenvalue weighted by molar-refractivity contribution is 0.157. The Kier molecular flexibility index (Phi) is 7.65. The van der Waals surface area contributed by atoms with E-state index in [4.69, 9.17) is 15.9 Å². The van der Waals surface area contributed by atoms with Gasteiger partial charge in [-0.05, 0) is 54.8 Å². The fourth-order valence-corrected chi connectivity index (χ4v) is 7.93. The summed E-state index contributed by atoms with van der Waals surface area (Å²) in [4.78, 5) is 12.4. The molecule has 0 radical (unpaired) electrons. The topological polar surface area (TPSA) is 26.3 Å². The van der Waals surface area contributed by atoms with Gasteiger partial charge in [-0.15, -0.1) is 0 Å². The summed E-state index contributed by atoms with van der Waals surface area (Å²) in [5, 5.41) is -0.150. The van der Waals surface area contributed by atoms with Crippen molar-refractivity contribution in [1.29, 1.82) is 0 Å². The minimum absolute atomic E-state index is 0.0277. The molecule has 0 amide bonds. The molecule has 1 aromatic carbocycles. The van der Waals surface area contributed by atoms with Gasteiger partial charge in [0.2, 0.25) is 0 Å². The van der Waals surface area contributed by atoms with Crippen LogP contribution in [0.1, 0.15) is 40.2 Å². The number of hydrogen-bond acceptors (Lipinski definition) is 3. The number of hydrogen-bond donors (Lipinski definition) is 0. The van der Waals surface area contributed by atoms with E-state index in [0.29, 0.717) is 6.61 Å². The van der Waals surface area contributed by atoms with E-state index >= 15 is 0 Å². The summed E-state index contributed by atoms with van der Waals surface area (Å²) >= 11 is 4.99. The molecule has 6 heteroatoms. The minimum atomic E-state index is -0.544. The predicted molar refractivity (Wildman–Crippen MR) is 104 cm³/mol. The van der Waals surface area contributed by atoms with Crippen molar-refractivity contribution in [3.63, 3.8) is 0 Å². The van der Waals surface area contributed by atoms with Crippen LogP contribution in [0.25, 0.3) is 0 Å². The zero-order chi connectivity index (χ0) is 16.8. The Bertz CT molecular complexity index is 605. The SMILES string of the molecule is CC(C)(C)C(C)(C)CS(=S=S=S)C(=O)OCc1ccccc1. The van der Waals surface area contributed by atoms with E-state index in [1.807, 2.05) is 30.3 Å². The van der Waals surface area contributed by atoms with Gasteiger partial charge in [-0.2, -0.15) is 0 Å². The fraction of sp³-hybridized carbons (Fsp3) is 0.562. The van der Waals surface area contributed by atoms with Crippen molar-refractivity contribution in [2.45, 2.75) is 41.2 Å². The van der Waals surface area contributed by atoms with Crippen LogP contribution in [-0.2, 0) is 49.7 Å². The number of rotatable bonds is 4. The molecule has 0 heterocycles. The summed E-state index contributed by atoms with van der Waals surface area (Å²) in [6.45, 7) is 11.3. The molecule has 0 N–H and O–H groups in total. The van der Waals surface area contributed by atoms with Gasteiger partial charge in [0.25, 0.3) is 0 Å². The molecule has 0 spiro atoms. The second-order valence-corrected chi connectivity index (χ2v) is 12.8. The van der Waals surface area contributed by atoms with Gasteiger partial charge in [-0.3, -0.25) is 0 Å². The van der Waals surface area contributed by atoms with E-state index in [2.05, 4.69) is 34.6 Å². The molecule has 22 heavy (non-hydrogen) atoms. The van der Waals surface area contributed by atoms with E-state index in [0.717, 1.165) is 11.3 Å². The Morgan fingerprint density at radius 2 is 1.77 bits per heavy atom. The smallest absolute Gasteiger partial charge is 0.371 e. The Hall–Kier alpha value is -0.300. The first-order chi connectivity index (χ1) is 10.2. The van der Waals surface area contributed by atoms with Crippen LogP contribution in [0.5, 0.6) is 0 Å². The second-order valence-electron chi connectivity index (χ2n) is 6.78. The molecule has 124 valence electrons. The molecule has 0 aromatic heterocycles. The summed E-state index contributed by atoms with van der Waals surface area (Å²) in [7, 11) is 2.13. The van der Waals surface area contributed by atoms with Gasteiger partial charge >= 0.3 is 5.30 Å². The number of carbonyl (C=O) groups is 1. The van der Waals surface area contributed by atoms with Crippen LogP contribution in [0, 0.1) is 10.8 Å². The van der Waals surface area contributed by atoms with Gasteiger partial charge in [-0.1, -0.05) is 65.0 Å². The highest BCUT2D eigenvalue weighted by Crippen LogP contribution is 2.38. The normalized spacial score (nSPS) is 13.3. The Morgan fingerprint density at radius 3 is 2.27 bits per heavy atom. The van der Waals surface area contributed by atoms with Gasteiger partial charge in [0.05, 0.1) is 0 Å². The van der Waals surface area contributed by atoms with E-state index in [-0.39, 0.29) is 16.1 Å². The lowest BCUT2D eigenvalue weighted by Gasteiger charge is -2.38. The third kappa shape index (κ3) is 6.07. The quantitative estimate of drug-likeness (QED) is 0.725. The summed E-state index contributed by atoms with van der Waals surface area (Å²) in [6.07, 6.45) is 0. The van der Waals surface area contributed by atoms with Crippen molar-refractivity contribution in [1.82, 2.24) is 0 Å². The first-order valence-electron chi connectivity index (χ1n) is 7.06. The van der Waals surface area contributed by atoms with Crippen LogP contribution in [-0.4, -0.2) is 11.1 Å². The minimum Gasteiger partial charge on any atom is -0.453 e. The zero-order valence-corrected chi connectivity index (χ0v) is 17.0. The van der Waals surface area contributed by atoms with Crippen LogP contribution in [0.15, 0.2) is 30.3 Å². The van der Waals surface area contributed by atoms with E-state index in [1.54, 1.807) is 0 Å². The molecule has 0 saturated heterocycles. The van der Waals surface area contributed by atoms with E-state index in [1.165, 1.54) is 17.8 Å². The Labute approximate surface area is 146 Å². The van der Waals surface area contributed by atoms with Crippen LogP contribution in [0.2, 0.25) is 0 Å². The highest BCUT2D eigenvalue weighted by molar-refractivity contribution is 8.61. The Balaban J connectivity index is 2.82. The maximum atomic E-state index is 12.4. The number of ether oxygens (including phenoxy) is 1. The van der Waals surface area contributed by atoms with E-state index < -0.39 is 9.45 Å². The molecular formula is C16H24O2S4. The van der Waals surface area contributed by atoms with Gasteiger partial charge in [0.1, 0.15) is 6.61 Å². The second kappa shape index (κ2) is 8.52. The molecule has 0 bridgehead atoms. The molecule has 0 saturated carbocycles. The summed E-state index contributed by atoms with van der Waals surface area (Å²) in [5.41, 5.74) is 1.15. The molecule has 0 aliphatic heterocycles. The highest BCUT2D eigenvalue weighted by atomic mass is 33.2. The van der Waals surface area contributed by atoms with Gasteiger partial charge < -0.3 is 4.74 Å². The lowest BCUT2D eigenvalue weighted by Crippen LogP contribution is -2.36. The van der Waals surface area contributed by atoms with Crippen LogP contribution in [0.4, 0.5) is 4.79 Å². The lowest BCUT2D eigenvalue weighted by atomic mass is 9.71. The van der Waals surface area contributed by atoms with Crippen LogP contribution < -0.4 is 0 Å².